The molecule has 0 fully saturated rings. The highest BCUT2D eigenvalue weighted by atomic mass is 16.5. The van der Waals surface area contributed by atoms with Gasteiger partial charge in [-0.3, -0.25) is 0 Å². The maximum atomic E-state index is 5.04. The molecule has 0 aromatic carbocycles. The molecular formula is C13H25N5O. The summed E-state index contributed by atoms with van der Waals surface area (Å²) in [6.07, 6.45) is 2.83. The summed E-state index contributed by atoms with van der Waals surface area (Å²) in [4.78, 5) is 10.8. The average molecular weight is 267 g/mol. The fourth-order valence-electron chi connectivity index (χ4n) is 1.51. The fraction of sp³-hybridized carbons (Fsp3) is 0.692. The first kappa shape index (κ1) is 15.7. The first-order valence-corrected chi connectivity index (χ1v) is 6.74. The Balaban J connectivity index is 2.28. The standard InChI is InChI=1S/C13H25N5O/c1-4-6-15-13-16-7-5-12(17-13)14-8-9-18(2)10-11-19-3/h5,7H,4,6,8-11H2,1-3H3,(H2,14,15,16,17). The lowest BCUT2D eigenvalue weighted by Crippen LogP contribution is -2.28. The van der Waals surface area contributed by atoms with Gasteiger partial charge in [-0.05, 0) is 19.5 Å². The molecule has 6 nitrogen and oxygen atoms in total. The molecule has 6 heteroatoms. The van der Waals surface area contributed by atoms with Crippen LogP contribution >= 0.6 is 0 Å². The number of hydrogen-bond acceptors (Lipinski definition) is 6. The average Bonchev–Trinajstić information content (AvgIpc) is 2.43. The normalized spacial score (nSPS) is 10.7. The Kier molecular flexibility index (Phi) is 7.84. The van der Waals surface area contributed by atoms with Gasteiger partial charge >= 0.3 is 0 Å². The van der Waals surface area contributed by atoms with Crippen molar-refractivity contribution in [3.8, 4) is 0 Å². The van der Waals surface area contributed by atoms with Crippen molar-refractivity contribution in [2.45, 2.75) is 13.3 Å². The lowest BCUT2D eigenvalue weighted by molar-refractivity contribution is 0.163. The molecule has 0 amide bonds. The van der Waals surface area contributed by atoms with E-state index in [2.05, 4.69) is 39.5 Å². The number of ether oxygens (including phenoxy) is 1. The molecule has 0 aliphatic heterocycles. The molecule has 0 aliphatic rings. The molecule has 1 heterocycles. The van der Waals surface area contributed by atoms with Crippen molar-refractivity contribution in [3.63, 3.8) is 0 Å². The molecule has 0 unspecified atom stereocenters. The monoisotopic (exact) mass is 267 g/mol. The minimum absolute atomic E-state index is 0.680. The summed E-state index contributed by atoms with van der Waals surface area (Å²) in [6, 6.07) is 1.88. The molecule has 1 aromatic heterocycles. The highest BCUT2D eigenvalue weighted by Crippen LogP contribution is 2.05. The number of aromatic nitrogens is 2. The van der Waals surface area contributed by atoms with Crippen molar-refractivity contribution in [1.82, 2.24) is 14.9 Å². The van der Waals surface area contributed by atoms with Gasteiger partial charge in [0.25, 0.3) is 0 Å². The Hall–Kier alpha value is -1.40. The van der Waals surface area contributed by atoms with Crippen LogP contribution in [0.3, 0.4) is 0 Å². The van der Waals surface area contributed by atoms with E-state index in [1.807, 2.05) is 6.07 Å². The second-order valence-corrected chi connectivity index (χ2v) is 4.42. The van der Waals surface area contributed by atoms with E-state index < -0.39 is 0 Å². The van der Waals surface area contributed by atoms with E-state index in [9.17, 15) is 0 Å². The first-order valence-electron chi connectivity index (χ1n) is 6.74. The Bertz CT molecular complexity index is 348. The minimum atomic E-state index is 0.680. The number of anilines is 2. The molecule has 0 spiro atoms. The van der Waals surface area contributed by atoms with Gasteiger partial charge in [0.15, 0.2) is 0 Å². The predicted octanol–water partition coefficient (Wildman–Crippen LogP) is 1.29. The van der Waals surface area contributed by atoms with E-state index in [4.69, 9.17) is 4.74 Å². The van der Waals surface area contributed by atoms with Crippen LogP contribution in [-0.4, -0.2) is 61.8 Å². The number of rotatable bonds is 10. The van der Waals surface area contributed by atoms with E-state index in [1.165, 1.54) is 0 Å². The molecule has 0 aliphatic carbocycles. The minimum Gasteiger partial charge on any atom is -0.383 e. The summed E-state index contributed by atoms with van der Waals surface area (Å²) in [7, 11) is 3.80. The third kappa shape index (κ3) is 6.93. The molecule has 19 heavy (non-hydrogen) atoms. The van der Waals surface area contributed by atoms with E-state index in [0.717, 1.165) is 45.0 Å². The van der Waals surface area contributed by atoms with Crippen molar-refractivity contribution in [2.24, 2.45) is 0 Å². The van der Waals surface area contributed by atoms with Gasteiger partial charge in [-0.25, -0.2) is 4.98 Å². The van der Waals surface area contributed by atoms with Crippen molar-refractivity contribution in [3.05, 3.63) is 12.3 Å². The molecule has 108 valence electrons. The maximum Gasteiger partial charge on any atom is 0.224 e. The van der Waals surface area contributed by atoms with E-state index >= 15 is 0 Å². The first-order chi connectivity index (χ1) is 9.26. The van der Waals surface area contributed by atoms with Crippen molar-refractivity contribution in [2.75, 3.05) is 57.6 Å². The van der Waals surface area contributed by atoms with Gasteiger partial charge in [0.1, 0.15) is 5.82 Å². The largest absolute Gasteiger partial charge is 0.383 e. The van der Waals surface area contributed by atoms with Crippen LogP contribution in [0.15, 0.2) is 12.3 Å². The maximum absolute atomic E-state index is 5.04. The van der Waals surface area contributed by atoms with Gasteiger partial charge in [-0.2, -0.15) is 4.98 Å². The van der Waals surface area contributed by atoms with Crippen LogP contribution in [0.4, 0.5) is 11.8 Å². The lowest BCUT2D eigenvalue weighted by Gasteiger charge is -2.16. The Labute approximate surface area is 115 Å². The van der Waals surface area contributed by atoms with Gasteiger partial charge in [-0.1, -0.05) is 6.92 Å². The van der Waals surface area contributed by atoms with Crippen molar-refractivity contribution in [1.29, 1.82) is 0 Å². The Morgan fingerprint density at radius 1 is 1.26 bits per heavy atom. The molecule has 1 aromatic rings. The fourth-order valence-corrected chi connectivity index (χ4v) is 1.51. The van der Waals surface area contributed by atoms with Gasteiger partial charge in [0.2, 0.25) is 5.95 Å². The molecule has 0 atom stereocenters. The molecule has 0 saturated heterocycles. The zero-order chi connectivity index (χ0) is 13.9. The topological polar surface area (TPSA) is 62.3 Å². The third-order valence-corrected chi connectivity index (χ3v) is 2.67. The summed E-state index contributed by atoms with van der Waals surface area (Å²) >= 11 is 0. The van der Waals surface area contributed by atoms with Crippen LogP contribution < -0.4 is 10.6 Å². The molecule has 0 saturated carbocycles. The number of methoxy groups -OCH3 is 1. The Morgan fingerprint density at radius 2 is 2.11 bits per heavy atom. The Morgan fingerprint density at radius 3 is 2.84 bits per heavy atom. The number of hydrogen-bond donors (Lipinski definition) is 2. The van der Waals surface area contributed by atoms with Crippen LogP contribution in [-0.2, 0) is 4.74 Å². The summed E-state index contributed by atoms with van der Waals surface area (Å²) in [6.45, 7) is 6.50. The van der Waals surface area contributed by atoms with Crippen LogP contribution in [0.1, 0.15) is 13.3 Å². The number of nitrogens with one attached hydrogen (secondary N) is 2. The second-order valence-electron chi connectivity index (χ2n) is 4.42. The van der Waals surface area contributed by atoms with E-state index in [-0.39, 0.29) is 0 Å². The number of likely N-dealkylation sites (N-methyl/N-ethyl adjacent to an activating group) is 1. The summed E-state index contributed by atoms with van der Waals surface area (Å²) in [5.74, 6) is 1.54. The van der Waals surface area contributed by atoms with Gasteiger partial charge in [0.05, 0.1) is 6.61 Å². The van der Waals surface area contributed by atoms with Gasteiger partial charge in [0, 0.05) is 39.5 Å². The zero-order valence-electron chi connectivity index (χ0n) is 12.1. The van der Waals surface area contributed by atoms with E-state index in [0.29, 0.717) is 5.95 Å². The quantitative estimate of drug-likeness (QED) is 0.666. The molecule has 0 bridgehead atoms. The van der Waals surface area contributed by atoms with Crippen LogP contribution in [0.2, 0.25) is 0 Å². The predicted molar refractivity (Wildman–Crippen MR) is 78.7 cm³/mol. The van der Waals surface area contributed by atoms with Gasteiger partial charge in [-0.15, -0.1) is 0 Å². The van der Waals surface area contributed by atoms with Crippen molar-refractivity contribution < 1.29 is 4.74 Å². The molecule has 1 rings (SSSR count). The van der Waals surface area contributed by atoms with Crippen LogP contribution in [0.5, 0.6) is 0 Å². The summed E-state index contributed by atoms with van der Waals surface area (Å²) < 4.78 is 5.04. The lowest BCUT2D eigenvalue weighted by atomic mass is 10.5. The highest BCUT2D eigenvalue weighted by molar-refractivity contribution is 5.39. The summed E-state index contributed by atoms with van der Waals surface area (Å²) in [5.41, 5.74) is 0. The second kappa shape index (κ2) is 9.52. The van der Waals surface area contributed by atoms with E-state index in [1.54, 1.807) is 13.3 Å². The SMILES string of the molecule is CCCNc1nccc(NCCN(C)CCOC)n1. The number of nitrogens with zero attached hydrogens (tertiary/aromatic N) is 3. The van der Waals surface area contributed by atoms with Crippen LogP contribution in [0.25, 0.3) is 0 Å². The van der Waals surface area contributed by atoms with Gasteiger partial charge < -0.3 is 20.3 Å². The summed E-state index contributed by atoms with van der Waals surface area (Å²) in [5, 5.41) is 6.47. The zero-order valence-corrected chi connectivity index (χ0v) is 12.1. The van der Waals surface area contributed by atoms with Crippen LogP contribution in [0, 0.1) is 0 Å². The molecule has 0 radical (unpaired) electrons. The molecule has 2 N–H and O–H groups in total. The van der Waals surface area contributed by atoms with Crippen molar-refractivity contribution >= 4 is 11.8 Å². The smallest absolute Gasteiger partial charge is 0.224 e. The molecular weight excluding hydrogens is 242 g/mol. The highest BCUT2D eigenvalue weighted by Gasteiger charge is 2.00. The third-order valence-electron chi connectivity index (χ3n) is 2.67.